The van der Waals surface area contributed by atoms with Gasteiger partial charge in [-0.05, 0) is 43.5 Å². The number of anilines is 1. The number of rotatable bonds is 3. The highest BCUT2D eigenvalue weighted by atomic mass is 32.2. The smallest absolute Gasteiger partial charge is 0.307 e. The number of sulfone groups is 1. The minimum absolute atomic E-state index is 0.00142. The molecule has 0 saturated heterocycles. The molecule has 1 aromatic heterocycles. The second kappa shape index (κ2) is 6.18. The van der Waals surface area contributed by atoms with E-state index in [0.29, 0.717) is 6.54 Å². The molecule has 0 fully saturated rings. The summed E-state index contributed by atoms with van der Waals surface area (Å²) < 4.78 is 24.9. The first-order valence-corrected chi connectivity index (χ1v) is 10.3. The lowest BCUT2D eigenvalue weighted by Crippen LogP contribution is -2.39. The first-order chi connectivity index (χ1) is 11.3. The molecule has 0 aliphatic carbocycles. The van der Waals surface area contributed by atoms with Gasteiger partial charge in [0.25, 0.3) is 0 Å². The second-order valence-corrected chi connectivity index (χ2v) is 8.78. The third-order valence-corrected chi connectivity index (χ3v) is 6.16. The van der Waals surface area contributed by atoms with Crippen molar-refractivity contribution in [1.29, 1.82) is 0 Å². The summed E-state index contributed by atoms with van der Waals surface area (Å²) in [6, 6.07) is 4.86. The molecule has 6 nitrogen and oxygen atoms in total. The van der Waals surface area contributed by atoms with Crippen molar-refractivity contribution < 1.29 is 13.2 Å². The van der Waals surface area contributed by atoms with Gasteiger partial charge in [0.15, 0.2) is 9.84 Å². The molecule has 1 aromatic carbocycles. The lowest BCUT2D eigenvalue weighted by atomic mass is 10.0. The van der Waals surface area contributed by atoms with Crippen LogP contribution < -0.4 is 9.77 Å². The Morgan fingerprint density at radius 3 is 2.71 bits per heavy atom. The summed E-state index contributed by atoms with van der Waals surface area (Å²) in [7, 11) is -3.27. The molecule has 0 N–H and O–H groups in total. The quantitative estimate of drug-likeness (QED) is 0.827. The van der Waals surface area contributed by atoms with Crippen LogP contribution in [0.2, 0.25) is 0 Å². The van der Waals surface area contributed by atoms with Gasteiger partial charge < -0.3 is 4.90 Å². The summed E-state index contributed by atoms with van der Waals surface area (Å²) in [6.45, 7) is 2.37. The largest absolute Gasteiger partial charge is 0.311 e. The van der Waals surface area contributed by atoms with Crippen LogP contribution in [0.4, 0.5) is 5.69 Å². The highest BCUT2D eigenvalue weighted by Crippen LogP contribution is 2.29. The summed E-state index contributed by atoms with van der Waals surface area (Å²) in [4.78, 5) is 26.2. The fraction of sp³-hybridized carbons (Fsp3) is 0.375. The van der Waals surface area contributed by atoms with Gasteiger partial charge in [0.1, 0.15) is 6.54 Å². The number of aryl methyl sites for hydroxylation is 2. The molecule has 1 aliphatic rings. The van der Waals surface area contributed by atoms with Crippen molar-refractivity contribution in [2.45, 2.75) is 31.2 Å². The summed E-state index contributed by atoms with van der Waals surface area (Å²) in [5, 5.41) is 1.73. The van der Waals surface area contributed by atoms with Crippen molar-refractivity contribution in [1.82, 2.24) is 4.57 Å². The number of carbonyl (C=O) groups excluding carboxylic acids is 1. The van der Waals surface area contributed by atoms with E-state index in [2.05, 4.69) is 0 Å². The van der Waals surface area contributed by atoms with Crippen molar-refractivity contribution in [2.75, 3.05) is 17.7 Å². The van der Waals surface area contributed by atoms with Crippen LogP contribution in [0.15, 0.2) is 33.3 Å². The lowest BCUT2D eigenvalue weighted by Gasteiger charge is -2.30. The van der Waals surface area contributed by atoms with Gasteiger partial charge in [0.2, 0.25) is 5.91 Å². The molecule has 2 aromatic rings. The van der Waals surface area contributed by atoms with Gasteiger partial charge in [-0.2, -0.15) is 0 Å². The fourth-order valence-electron chi connectivity index (χ4n) is 2.88. The van der Waals surface area contributed by atoms with Crippen molar-refractivity contribution in [3.05, 3.63) is 44.5 Å². The van der Waals surface area contributed by atoms with Gasteiger partial charge in [-0.3, -0.25) is 14.2 Å². The maximum atomic E-state index is 12.7. The molecule has 0 bridgehead atoms. The molecule has 1 amide bonds. The molecular formula is C16H18N2O4S2. The normalized spacial score (nSPS) is 14.5. The number of aromatic nitrogens is 1. The maximum absolute atomic E-state index is 12.7. The van der Waals surface area contributed by atoms with Gasteiger partial charge in [-0.1, -0.05) is 11.3 Å². The predicted molar refractivity (Wildman–Crippen MR) is 93.5 cm³/mol. The van der Waals surface area contributed by atoms with Crippen molar-refractivity contribution in [3.63, 3.8) is 0 Å². The monoisotopic (exact) mass is 366 g/mol. The molecule has 24 heavy (non-hydrogen) atoms. The summed E-state index contributed by atoms with van der Waals surface area (Å²) >= 11 is 1.08. The van der Waals surface area contributed by atoms with Crippen LogP contribution in [0.25, 0.3) is 0 Å². The van der Waals surface area contributed by atoms with E-state index in [9.17, 15) is 18.0 Å². The summed E-state index contributed by atoms with van der Waals surface area (Å²) in [5.41, 5.74) is 2.36. The third kappa shape index (κ3) is 3.16. The van der Waals surface area contributed by atoms with Crippen LogP contribution in [0.1, 0.15) is 17.7 Å². The molecule has 0 radical (unpaired) electrons. The van der Waals surface area contributed by atoms with E-state index in [4.69, 9.17) is 0 Å². The standard InChI is InChI=1S/C16H18N2O4S2/c1-11-10-23-16(20)18(11)9-15(19)17-7-3-4-12-8-13(24(2,21)22)5-6-14(12)17/h5-6,8,10H,3-4,7,9H2,1-2H3. The zero-order chi connectivity index (χ0) is 17.5. The third-order valence-electron chi connectivity index (χ3n) is 4.17. The van der Waals surface area contributed by atoms with E-state index in [1.807, 2.05) is 0 Å². The zero-order valence-corrected chi connectivity index (χ0v) is 15.1. The first kappa shape index (κ1) is 16.9. The van der Waals surface area contributed by atoms with Crippen molar-refractivity contribution >= 4 is 32.8 Å². The van der Waals surface area contributed by atoms with Crippen LogP contribution in [0.5, 0.6) is 0 Å². The van der Waals surface area contributed by atoms with Crippen LogP contribution >= 0.6 is 11.3 Å². The molecular weight excluding hydrogens is 348 g/mol. The number of nitrogens with zero attached hydrogens (tertiary/aromatic N) is 2. The van der Waals surface area contributed by atoms with E-state index in [1.165, 1.54) is 16.9 Å². The van der Waals surface area contributed by atoms with Crippen molar-refractivity contribution in [2.24, 2.45) is 0 Å². The van der Waals surface area contributed by atoms with E-state index >= 15 is 0 Å². The van der Waals surface area contributed by atoms with Crippen LogP contribution in [-0.2, 0) is 27.6 Å². The second-order valence-electron chi connectivity index (χ2n) is 5.94. The number of hydrogen-bond acceptors (Lipinski definition) is 5. The van der Waals surface area contributed by atoms with E-state index in [-0.39, 0.29) is 22.2 Å². The molecule has 8 heteroatoms. The van der Waals surface area contributed by atoms with Crippen LogP contribution in [0.3, 0.4) is 0 Å². The highest BCUT2D eigenvalue weighted by molar-refractivity contribution is 7.90. The number of carbonyl (C=O) groups is 1. The molecule has 0 atom stereocenters. The van der Waals surface area contributed by atoms with Crippen molar-refractivity contribution in [3.8, 4) is 0 Å². The topological polar surface area (TPSA) is 76.5 Å². The Morgan fingerprint density at radius 1 is 1.33 bits per heavy atom. The number of fused-ring (bicyclic) bond motifs is 1. The van der Waals surface area contributed by atoms with E-state index < -0.39 is 9.84 Å². The average Bonchev–Trinajstić information content (AvgIpc) is 2.84. The van der Waals surface area contributed by atoms with Gasteiger partial charge in [0.05, 0.1) is 4.90 Å². The van der Waals surface area contributed by atoms with Crippen LogP contribution in [0, 0.1) is 6.92 Å². The SMILES string of the molecule is Cc1csc(=O)n1CC(=O)N1CCCc2cc(S(C)(=O)=O)ccc21. The Bertz CT molecular complexity index is 957. The maximum Gasteiger partial charge on any atom is 0.307 e. The van der Waals surface area contributed by atoms with Gasteiger partial charge in [0, 0.05) is 29.6 Å². The van der Waals surface area contributed by atoms with E-state index in [1.54, 1.807) is 29.3 Å². The zero-order valence-electron chi connectivity index (χ0n) is 13.5. The molecule has 128 valence electrons. The molecule has 0 unspecified atom stereocenters. The number of benzene rings is 1. The summed E-state index contributed by atoms with van der Waals surface area (Å²) in [5.74, 6) is -0.161. The minimum atomic E-state index is -3.27. The van der Waals surface area contributed by atoms with Crippen LogP contribution in [-0.4, -0.2) is 31.7 Å². The lowest BCUT2D eigenvalue weighted by molar-refractivity contribution is -0.119. The Balaban J connectivity index is 1.92. The molecule has 3 rings (SSSR count). The molecule has 1 aliphatic heterocycles. The van der Waals surface area contributed by atoms with Gasteiger partial charge >= 0.3 is 4.87 Å². The first-order valence-electron chi connectivity index (χ1n) is 7.55. The molecule has 0 spiro atoms. The van der Waals surface area contributed by atoms with E-state index in [0.717, 1.165) is 41.1 Å². The predicted octanol–water partition coefficient (Wildman–Crippen LogP) is 1.60. The Labute approximate surface area is 144 Å². The molecule has 2 heterocycles. The summed E-state index contributed by atoms with van der Waals surface area (Å²) in [6.07, 6.45) is 2.68. The Morgan fingerprint density at radius 2 is 2.08 bits per heavy atom. The van der Waals surface area contributed by atoms with Gasteiger partial charge in [-0.15, -0.1) is 0 Å². The number of hydrogen-bond donors (Lipinski definition) is 0. The Hall–Kier alpha value is -1.93. The number of amides is 1. The Kier molecular flexibility index (Phi) is 4.35. The van der Waals surface area contributed by atoms with Gasteiger partial charge in [-0.25, -0.2) is 8.42 Å². The number of thiazole rings is 1. The fourth-order valence-corrected chi connectivity index (χ4v) is 4.29. The highest BCUT2D eigenvalue weighted by Gasteiger charge is 2.24. The average molecular weight is 366 g/mol. The molecule has 0 saturated carbocycles. The minimum Gasteiger partial charge on any atom is -0.311 e.